The molecule has 31 heavy (non-hydrogen) atoms. The highest BCUT2D eigenvalue weighted by Gasteiger charge is 2.45. The van der Waals surface area contributed by atoms with E-state index in [0.717, 1.165) is 35.5 Å². The average Bonchev–Trinajstić information content (AvgIpc) is 3.42. The van der Waals surface area contributed by atoms with Gasteiger partial charge in [-0.1, -0.05) is 18.2 Å². The quantitative estimate of drug-likeness (QED) is 0.273. The van der Waals surface area contributed by atoms with Crippen LogP contribution in [0.5, 0.6) is 5.75 Å². The van der Waals surface area contributed by atoms with E-state index in [1.165, 1.54) is 6.07 Å². The molecule has 1 saturated carbocycles. The fourth-order valence-electron chi connectivity index (χ4n) is 3.57. The van der Waals surface area contributed by atoms with E-state index < -0.39 is 0 Å². The molecule has 1 aliphatic rings. The summed E-state index contributed by atoms with van der Waals surface area (Å²) in [5.74, 6) is 1.35. The fraction of sp³-hybridized carbons (Fsp3) is 0.304. The molecule has 2 N–H and O–H groups in total. The van der Waals surface area contributed by atoms with Gasteiger partial charge in [0.2, 0.25) is 0 Å². The molecule has 1 fully saturated rings. The molecule has 0 saturated heterocycles. The van der Waals surface area contributed by atoms with Gasteiger partial charge in [0.15, 0.2) is 5.96 Å². The molecule has 0 atom stereocenters. The van der Waals surface area contributed by atoms with Gasteiger partial charge in [0, 0.05) is 25.2 Å². The number of benzene rings is 2. The van der Waals surface area contributed by atoms with Crippen molar-refractivity contribution < 1.29 is 9.13 Å². The lowest BCUT2D eigenvalue weighted by Gasteiger charge is -2.19. The van der Waals surface area contributed by atoms with E-state index in [0.29, 0.717) is 19.0 Å². The number of ether oxygens (including phenoxy) is 1. The minimum Gasteiger partial charge on any atom is -0.497 e. The van der Waals surface area contributed by atoms with E-state index in [1.807, 2.05) is 53.3 Å². The molecular formula is C23H27FIN5O. The normalized spacial score (nSPS) is 14.5. The van der Waals surface area contributed by atoms with Crippen molar-refractivity contribution in [2.75, 3.05) is 20.7 Å². The van der Waals surface area contributed by atoms with Crippen molar-refractivity contribution in [1.29, 1.82) is 0 Å². The Balaban J connectivity index is 0.00000272. The monoisotopic (exact) mass is 535 g/mol. The molecule has 0 bridgehead atoms. The second-order valence-corrected chi connectivity index (χ2v) is 7.49. The predicted molar refractivity (Wildman–Crippen MR) is 131 cm³/mol. The zero-order chi connectivity index (χ0) is 21.0. The van der Waals surface area contributed by atoms with Crippen molar-refractivity contribution in [2.24, 2.45) is 4.99 Å². The molecule has 6 nitrogen and oxygen atoms in total. The van der Waals surface area contributed by atoms with E-state index >= 15 is 0 Å². The van der Waals surface area contributed by atoms with Gasteiger partial charge in [0.25, 0.3) is 0 Å². The van der Waals surface area contributed by atoms with Gasteiger partial charge in [-0.15, -0.1) is 24.0 Å². The fourth-order valence-corrected chi connectivity index (χ4v) is 3.57. The maximum absolute atomic E-state index is 14.2. The zero-order valence-electron chi connectivity index (χ0n) is 17.6. The lowest BCUT2D eigenvalue weighted by molar-refractivity contribution is 0.414. The number of hydrogen-bond acceptors (Lipinski definition) is 3. The third kappa shape index (κ3) is 5.36. The van der Waals surface area contributed by atoms with Crippen molar-refractivity contribution in [1.82, 2.24) is 20.4 Å². The molecule has 1 aliphatic carbocycles. The summed E-state index contributed by atoms with van der Waals surface area (Å²) in [6.45, 7) is 1.18. The van der Waals surface area contributed by atoms with E-state index in [4.69, 9.17) is 4.74 Å². The lowest BCUT2D eigenvalue weighted by atomic mass is 9.95. The van der Waals surface area contributed by atoms with Crippen molar-refractivity contribution in [2.45, 2.75) is 24.8 Å². The van der Waals surface area contributed by atoms with E-state index in [9.17, 15) is 4.39 Å². The SMILES string of the molecule is CN=C(NCc1ccn(-c2ccc(OC)cc2)n1)NCC1(c2ccccc2F)CC1.I. The minimum atomic E-state index is -0.140. The summed E-state index contributed by atoms with van der Waals surface area (Å²) in [7, 11) is 3.38. The van der Waals surface area contributed by atoms with Crippen LogP contribution in [0.4, 0.5) is 4.39 Å². The van der Waals surface area contributed by atoms with Crippen molar-refractivity contribution in [3.63, 3.8) is 0 Å². The van der Waals surface area contributed by atoms with Crippen LogP contribution < -0.4 is 15.4 Å². The van der Waals surface area contributed by atoms with Gasteiger partial charge in [-0.2, -0.15) is 5.10 Å². The van der Waals surface area contributed by atoms with Crippen LogP contribution in [0.25, 0.3) is 5.69 Å². The molecule has 1 aromatic heterocycles. The standard InChI is InChI=1S/C23H26FN5O.HI/c1-25-22(27-16-23(12-13-23)20-5-3-4-6-21(20)24)26-15-17-11-14-29(28-17)18-7-9-19(30-2)10-8-18;/h3-11,14H,12-13,15-16H2,1-2H3,(H2,25,26,27);1H. The number of nitrogens with one attached hydrogen (secondary N) is 2. The number of methoxy groups -OCH3 is 1. The molecule has 3 aromatic rings. The van der Waals surface area contributed by atoms with Crippen LogP contribution in [0.3, 0.4) is 0 Å². The highest BCUT2D eigenvalue weighted by Crippen LogP contribution is 2.48. The van der Waals surface area contributed by atoms with E-state index in [1.54, 1.807) is 20.2 Å². The molecule has 0 unspecified atom stereocenters. The van der Waals surface area contributed by atoms with Gasteiger partial charge < -0.3 is 15.4 Å². The molecule has 0 aliphatic heterocycles. The Morgan fingerprint density at radius 1 is 1.13 bits per heavy atom. The maximum Gasteiger partial charge on any atom is 0.191 e. The third-order valence-corrected chi connectivity index (χ3v) is 5.53. The first-order chi connectivity index (χ1) is 14.6. The third-order valence-electron chi connectivity index (χ3n) is 5.53. The molecule has 0 spiro atoms. The topological polar surface area (TPSA) is 63.5 Å². The number of aliphatic imine (C=N–C) groups is 1. The Kier molecular flexibility index (Phi) is 7.53. The van der Waals surface area contributed by atoms with Crippen LogP contribution in [0.2, 0.25) is 0 Å². The first-order valence-corrected chi connectivity index (χ1v) is 10.0. The lowest BCUT2D eigenvalue weighted by Crippen LogP contribution is -2.41. The number of guanidine groups is 1. The summed E-state index contributed by atoms with van der Waals surface area (Å²) < 4.78 is 21.2. The number of halogens is 2. The highest BCUT2D eigenvalue weighted by molar-refractivity contribution is 14.0. The van der Waals surface area contributed by atoms with Gasteiger partial charge in [0.05, 0.1) is 25.0 Å². The van der Waals surface area contributed by atoms with Gasteiger partial charge in [-0.05, 0) is 54.8 Å². The smallest absolute Gasteiger partial charge is 0.191 e. The Morgan fingerprint density at radius 3 is 2.52 bits per heavy atom. The largest absolute Gasteiger partial charge is 0.497 e. The second-order valence-electron chi connectivity index (χ2n) is 7.49. The first-order valence-electron chi connectivity index (χ1n) is 10.0. The van der Waals surface area contributed by atoms with Crippen LogP contribution >= 0.6 is 24.0 Å². The van der Waals surface area contributed by atoms with Gasteiger partial charge >= 0.3 is 0 Å². The van der Waals surface area contributed by atoms with Gasteiger partial charge in [-0.3, -0.25) is 4.99 Å². The summed E-state index contributed by atoms with van der Waals surface area (Å²) in [6, 6.07) is 16.7. The number of hydrogen-bond donors (Lipinski definition) is 2. The van der Waals surface area contributed by atoms with Gasteiger partial charge in [-0.25, -0.2) is 9.07 Å². The number of nitrogens with zero attached hydrogens (tertiary/aromatic N) is 3. The summed E-state index contributed by atoms with van der Waals surface area (Å²) >= 11 is 0. The summed E-state index contributed by atoms with van der Waals surface area (Å²) in [5.41, 5.74) is 2.50. The molecular weight excluding hydrogens is 508 g/mol. The van der Waals surface area contributed by atoms with Crippen LogP contribution in [-0.4, -0.2) is 36.4 Å². The van der Waals surface area contributed by atoms with Crippen LogP contribution in [0.1, 0.15) is 24.1 Å². The van der Waals surface area contributed by atoms with E-state index in [2.05, 4.69) is 20.7 Å². The Hall–Kier alpha value is -2.62. The maximum atomic E-state index is 14.2. The van der Waals surface area contributed by atoms with Crippen molar-refractivity contribution in [3.8, 4) is 11.4 Å². The Morgan fingerprint density at radius 2 is 1.87 bits per heavy atom. The molecule has 4 rings (SSSR count). The van der Waals surface area contributed by atoms with Crippen molar-refractivity contribution in [3.05, 3.63) is 77.9 Å². The second kappa shape index (κ2) is 10.1. The minimum absolute atomic E-state index is 0. The molecule has 2 aromatic carbocycles. The van der Waals surface area contributed by atoms with Crippen LogP contribution in [-0.2, 0) is 12.0 Å². The van der Waals surface area contributed by atoms with Crippen molar-refractivity contribution >= 4 is 29.9 Å². The summed E-state index contributed by atoms with van der Waals surface area (Å²) in [5, 5.41) is 11.2. The Labute approximate surface area is 198 Å². The average molecular weight is 535 g/mol. The Bertz CT molecular complexity index is 1030. The van der Waals surface area contributed by atoms with Gasteiger partial charge in [0.1, 0.15) is 11.6 Å². The van der Waals surface area contributed by atoms with E-state index in [-0.39, 0.29) is 35.2 Å². The van der Waals surface area contributed by atoms with Crippen LogP contribution in [0, 0.1) is 5.82 Å². The number of aromatic nitrogens is 2. The highest BCUT2D eigenvalue weighted by atomic mass is 127. The summed E-state index contributed by atoms with van der Waals surface area (Å²) in [4.78, 5) is 4.29. The molecule has 164 valence electrons. The number of rotatable bonds is 7. The molecule has 0 amide bonds. The molecule has 8 heteroatoms. The summed E-state index contributed by atoms with van der Waals surface area (Å²) in [6.07, 6.45) is 3.88. The van der Waals surface area contributed by atoms with Crippen LogP contribution in [0.15, 0.2) is 65.8 Å². The first kappa shape index (κ1) is 23.1. The zero-order valence-corrected chi connectivity index (χ0v) is 20.0. The molecule has 0 radical (unpaired) electrons. The molecule has 1 heterocycles. The predicted octanol–water partition coefficient (Wildman–Crippen LogP) is 4.03.